The highest BCUT2D eigenvalue weighted by Crippen LogP contribution is 2.24. The zero-order valence-electron chi connectivity index (χ0n) is 13.4. The summed E-state index contributed by atoms with van der Waals surface area (Å²) in [4.78, 5) is 12.7. The SMILES string of the molecule is CN=C(NCCc1csc(N2CCCC2)n1)NCc1cccs1. The van der Waals surface area contributed by atoms with Crippen LogP contribution in [0.4, 0.5) is 5.13 Å². The Kier molecular flexibility index (Phi) is 5.87. The van der Waals surface area contributed by atoms with Crippen molar-refractivity contribution in [3.05, 3.63) is 33.5 Å². The van der Waals surface area contributed by atoms with E-state index in [1.54, 1.807) is 29.7 Å². The molecule has 0 aliphatic carbocycles. The van der Waals surface area contributed by atoms with E-state index in [1.165, 1.54) is 22.9 Å². The fourth-order valence-corrected chi connectivity index (χ4v) is 4.14. The molecule has 0 saturated carbocycles. The average Bonchev–Trinajstić information content (AvgIpc) is 3.32. The molecule has 0 aromatic carbocycles. The van der Waals surface area contributed by atoms with Gasteiger partial charge in [-0.25, -0.2) is 4.98 Å². The average molecular weight is 350 g/mol. The first-order chi connectivity index (χ1) is 11.3. The number of anilines is 1. The molecule has 0 spiro atoms. The number of thiazole rings is 1. The molecule has 5 nitrogen and oxygen atoms in total. The molecule has 0 atom stereocenters. The van der Waals surface area contributed by atoms with Crippen molar-refractivity contribution in [3.63, 3.8) is 0 Å². The van der Waals surface area contributed by atoms with Crippen LogP contribution in [-0.4, -0.2) is 37.6 Å². The Labute approximate surface area is 145 Å². The van der Waals surface area contributed by atoms with Crippen LogP contribution in [0.2, 0.25) is 0 Å². The molecule has 0 unspecified atom stereocenters. The summed E-state index contributed by atoms with van der Waals surface area (Å²) in [6, 6.07) is 4.19. The van der Waals surface area contributed by atoms with Gasteiger partial charge < -0.3 is 15.5 Å². The minimum absolute atomic E-state index is 0.813. The fourth-order valence-electron chi connectivity index (χ4n) is 2.58. The summed E-state index contributed by atoms with van der Waals surface area (Å²) in [5, 5.41) is 12.1. The molecule has 3 rings (SSSR count). The molecule has 0 radical (unpaired) electrons. The Hall–Kier alpha value is -1.60. The highest BCUT2D eigenvalue weighted by atomic mass is 32.1. The van der Waals surface area contributed by atoms with E-state index in [1.807, 2.05) is 0 Å². The second kappa shape index (κ2) is 8.31. The maximum absolute atomic E-state index is 4.75. The molecule has 1 fully saturated rings. The maximum Gasteiger partial charge on any atom is 0.191 e. The topological polar surface area (TPSA) is 52.6 Å². The van der Waals surface area contributed by atoms with E-state index in [9.17, 15) is 0 Å². The number of hydrogen-bond acceptors (Lipinski definition) is 5. The molecule has 7 heteroatoms. The largest absolute Gasteiger partial charge is 0.356 e. The number of rotatable bonds is 6. The van der Waals surface area contributed by atoms with Gasteiger partial charge in [-0.1, -0.05) is 6.07 Å². The van der Waals surface area contributed by atoms with Crippen molar-refractivity contribution in [2.75, 3.05) is 31.6 Å². The van der Waals surface area contributed by atoms with E-state index in [-0.39, 0.29) is 0 Å². The molecule has 1 aliphatic rings. The van der Waals surface area contributed by atoms with E-state index in [4.69, 9.17) is 4.98 Å². The van der Waals surface area contributed by atoms with Gasteiger partial charge in [0, 0.05) is 43.4 Å². The Morgan fingerprint density at radius 1 is 1.30 bits per heavy atom. The van der Waals surface area contributed by atoms with E-state index in [0.717, 1.165) is 44.3 Å². The molecule has 0 bridgehead atoms. The van der Waals surface area contributed by atoms with Crippen LogP contribution in [0.3, 0.4) is 0 Å². The lowest BCUT2D eigenvalue weighted by Crippen LogP contribution is -2.37. The van der Waals surface area contributed by atoms with Crippen molar-refractivity contribution in [2.45, 2.75) is 25.8 Å². The van der Waals surface area contributed by atoms with E-state index in [0.29, 0.717) is 0 Å². The smallest absolute Gasteiger partial charge is 0.191 e. The van der Waals surface area contributed by atoms with Crippen LogP contribution in [0.25, 0.3) is 0 Å². The second-order valence-electron chi connectivity index (χ2n) is 5.50. The highest BCUT2D eigenvalue weighted by Gasteiger charge is 2.15. The summed E-state index contributed by atoms with van der Waals surface area (Å²) in [6.07, 6.45) is 3.51. The Morgan fingerprint density at radius 2 is 2.17 bits per heavy atom. The van der Waals surface area contributed by atoms with Gasteiger partial charge in [0.1, 0.15) is 0 Å². The van der Waals surface area contributed by atoms with Crippen molar-refractivity contribution in [2.24, 2.45) is 4.99 Å². The van der Waals surface area contributed by atoms with Crippen LogP contribution < -0.4 is 15.5 Å². The molecule has 3 heterocycles. The van der Waals surface area contributed by atoms with Crippen LogP contribution >= 0.6 is 22.7 Å². The molecule has 2 aromatic rings. The Balaban J connectivity index is 1.41. The number of guanidine groups is 1. The third-order valence-electron chi connectivity index (χ3n) is 3.82. The lowest BCUT2D eigenvalue weighted by molar-refractivity contribution is 0.789. The lowest BCUT2D eigenvalue weighted by Gasteiger charge is -2.12. The first-order valence-corrected chi connectivity index (χ1v) is 9.77. The molecular formula is C16H23N5S2. The van der Waals surface area contributed by atoms with Crippen LogP contribution in [-0.2, 0) is 13.0 Å². The Morgan fingerprint density at radius 3 is 2.91 bits per heavy atom. The van der Waals surface area contributed by atoms with Gasteiger partial charge >= 0.3 is 0 Å². The normalized spacial score (nSPS) is 15.2. The minimum atomic E-state index is 0.813. The molecular weight excluding hydrogens is 326 g/mol. The summed E-state index contributed by atoms with van der Waals surface area (Å²) in [7, 11) is 1.80. The lowest BCUT2D eigenvalue weighted by atomic mass is 10.3. The number of nitrogens with one attached hydrogen (secondary N) is 2. The third-order valence-corrected chi connectivity index (χ3v) is 5.65. The number of hydrogen-bond donors (Lipinski definition) is 2. The summed E-state index contributed by atoms with van der Waals surface area (Å²) in [6.45, 7) is 3.97. The van der Waals surface area contributed by atoms with Crippen molar-refractivity contribution in [1.29, 1.82) is 0 Å². The van der Waals surface area contributed by atoms with Gasteiger partial charge in [-0.05, 0) is 24.3 Å². The van der Waals surface area contributed by atoms with Gasteiger partial charge in [-0.2, -0.15) is 0 Å². The molecule has 23 heavy (non-hydrogen) atoms. The summed E-state index contributed by atoms with van der Waals surface area (Å²) in [5.41, 5.74) is 1.16. The minimum Gasteiger partial charge on any atom is -0.356 e. The van der Waals surface area contributed by atoms with E-state index >= 15 is 0 Å². The van der Waals surface area contributed by atoms with E-state index < -0.39 is 0 Å². The van der Waals surface area contributed by atoms with Crippen LogP contribution in [0.1, 0.15) is 23.4 Å². The fraction of sp³-hybridized carbons (Fsp3) is 0.500. The monoisotopic (exact) mass is 349 g/mol. The van der Waals surface area contributed by atoms with Crippen molar-refractivity contribution in [3.8, 4) is 0 Å². The molecule has 2 aromatic heterocycles. The van der Waals surface area contributed by atoms with Gasteiger partial charge in [-0.3, -0.25) is 4.99 Å². The van der Waals surface area contributed by atoms with Crippen molar-refractivity contribution < 1.29 is 0 Å². The highest BCUT2D eigenvalue weighted by molar-refractivity contribution is 7.13. The third kappa shape index (κ3) is 4.68. The van der Waals surface area contributed by atoms with Crippen molar-refractivity contribution in [1.82, 2.24) is 15.6 Å². The van der Waals surface area contributed by atoms with Gasteiger partial charge in [0.05, 0.1) is 12.2 Å². The molecule has 2 N–H and O–H groups in total. The standard InChI is InChI=1S/C16H23N5S2/c1-17-15(19-11-14-5-4-10-22-14)18-7-6-13-12-23-16(20-13)21-8-2-3-9-21/h4-5,10,12H,2-3,6-9,11H2,1H3,(H2,17,18,19). The number of nitrogens with zero attached hydrogens (tertiary/aromatic N) is 3. The number of thiophene rings is 1. The Bertz CT molecular complexity index is 614. The first-order valence-electron chi connectivity index (χ1n) is 8.01. The van der Waals surface area contributed by atoms with Gasteiger partial charge in [0.25, 0.3) is 0 Å². The number of aromatic nitrogens is 1. The van der Waals surface area contributed by atoms with Crippen molar-refractivity contribution >= 4 is 33.8 Å². The predicted octanol–water partition coefficient (Wildman–Crippen LogP) is 2.71. The molecule has 1 saturated heterocycles. The summed E-state index contributed by atoms with van der Waals surface area (Å²) in [5.74, 6) is 0.841. The predicted molar refractivity (Wildman–Crippen MR) is 99.8 cm³/mol. The van der Waals surface area contributed by atoms with Gasteiger partial charge in [0.2, 0.25) is 0 Å². The first kappa shape index (κ1) is 16.3. The van der Waals surface area contributed by atoms with Crippen LogP contribution in [0, 0.1) is 0 Å². The second-order valence-corrected chi connectivity index (χ2v) is 7.37. The zero-order valence-corrected chi connectivity index (χ0v) is 15.1. The van der Waals surface area contributed by atoms with Gasteiger partial charge in [-0.15, -0.1) is 22.7 Å². The number of aliphatic imine (C=N–C) groups is 1. The summed E-state index contributed by atoms with van der Waals surface area (Å²) < 4.78 is 0. The summed E-state index contributed by atoms with van der Waals surface area (Å²) >= 11 is 3.51. The maximum atomic E-state index is 4.75. The van der Waals surface area contributed by atoms with E-state index in [2.05, 4.69) is 43.4 Å². The zero-order chi connectivity index (χ0) is 15.9. The molecule has 0 amide bonds. The van der Waals surface area contributed by atoms with Gasteiger partial charge in [0.15, 0.2) is 11.1 Å². The molecule has 1 aliphatic heterocycles. The van der Waals surface area contributed by atoms with Crippen LogP contribution in [0.5, 0.6) is 0 Å². The quantitative estimate of drug-likeness (QED) is 0.622. The van der Waals surface area contributed by atoms with Crippen LogP contribution in [0.15, 0.2) is 27.9 Å². The molecule has 124 valence electrons.